The first kappa shape index (κ1) is 40.7. The van der Waals surface area contributed by atoms with E-state index in [1.807, 2.05) is 0 Å². The van der Waals surface area contributed by atoms with Gasteiger partial charge in [-0.25, -0.2) is 0 Å². The minimum absolute atomic E-state index is 0.00182. The summed E-state index contributed by atoms with van der Waals surface area (Å²) in [6, 6.07) is 23.6. The number of nitrogens with two attached hydrogens (primary N) is 1. The summed E-state index contributed by atoms with van der Waals surface area (Å²) in [5.74, 6) is -0.728. The van der Waals surface area contributed by atoms with Gasteiger partial charge in [-0.15, -0.1) is 10.2 Å². The van der Waals surface area contributed by atoms with E-state index in [0.29, 0.717) is 11.1 Å². The molecule has 7 aromatic rings. The van der Waals surface area contributed by atoms with E-state index in [9.17, 15) is 57.0 Å². The zero-order valence-corrected chi connectivity index (χ0v) is 32.8. The molecular formula is C36H28N6O13S4. The maximum Gasteiger partial charge on any atom is 0.296 e. The van der Waals surface area contributed by atoms with Crippen LogP contribution in [0.5, 0.6) is 5.75 Å². The Balaban J connectivity index is 1.29. The first-order valence-corrected chi connectivity index (χ1v) is 22.2. The maximum atomic E-state index is 12.5. The van der Waals surface area contributed by atoms with E-state index < -0.39 is 61.7 Å². The van der Waals surface area contributed by atoms with Crippen LogP contribution in [0.2, 0.25) is 0 Å². The number of rotatable bonds is 11. The molecular weight excluding hydrogens is 853 g/mol. The van der Waals surface area contributed by atoms with Crippen molar-refractivity contribution < 1.29 is 57.0 Å². The van der Waals surface area contributed by atoms with Crippen molar-refractivity contribution in [1.82, 2.24) is 0 Å². The number of hydrazine groups is 1. The third kappa shape index (κ3) is 8.43. The van der Waals surface area contributed by atoms with Crippen molar-refractivity contribution in [3.05, 3.63) is 109 Å². The van der Waals surface area contributed by atoms with Gasteiger partial charge in [-0.2, -0.15) is 33.7 Å². The Morgan fingerprint density at radius 2 is 1.07 bits per heavy atom. The lowest BCUT2D eigenvalue weighted by molar-refractivity contribution is 0.472. The van der Waals surface area contributed by atoms with Crippen molar-refractivity contribution in [1.29, 1.82) is 0 Å². The number of hydrogen-bond acceptors (Lipinski definition) is 15. The van der Waals surface area contributed by atoms with Crippen molar-refractivity contribution in [2.24, 2.45) is 10.2 Å². The number of azo groups is 1. The van der Waals surface area contributed by atoms with Gasteiger partial charge in [-0.05, 0) is 90.3 Å². The van der Waals surface area contributed by atoms with Crippen LogP contribution in [0.4, 0.5) is 39.8 Å². The van der Waals surface area contributed by atoms with Crippen LogP contribution in [0.1, 0.15) is 0 Å². The van der Waals surface area contributed by atoms with E-state index in [-0.39, 0.29) is 65.2 Å². The quantitative estimate of drug-likeness (QED) is 0.0273. The second-order valence-electron chi connectivity index (χ2n) is 12.8. The number of phenolic OH excluding ortho intramolecular Hbond substituents is 1. The van der Waals surface area contributed by atoms with Crippen molar-refractivity contribution in [3.63, 3.8) is 0 Å². The summed E-state index contributed by atoms with van der Waals surface area (Å²) < 4.78 is 135. The van der Waals surface area contributed by atoms with Crippen LogP contribution in [0.25, 0.3) is 32.3 Å². The van der Waals surface area contributed by atoms with E-state index in [4.69, 9.17) is 5.73 Å². The standard InChI is InChI=1S/C36H28N6O13S4/c37-30-10-11-31(25-8-6-23(17-28(25)30)57(47,48)49)39-40-33-13-12-32(26-9-7-24(18-29(26)33)58(50,51)52)41-42-35-34(59(53,54)55)14-19-4-5-21(16-27(19)36(35)43)38-20-2-1-3-22(15-20)56(44,45)46/h1-18,38-40,43H,37H2,(H,44,45,46)(H,47,48,49)(H,50,51,52)(H,53,54,55). The molecule has 0 unspecified atom stereocenters. The number of phenols is 1. The minimum atomic E-state index is -5.04. The Morgan fingerprint density at radius 1 is 0.492 bits per heavy atom. The smallest absolute Gasteiger partial charge is 0.296 e. The van der Waals surface area contributed by atoms with E-state index in [0.717, 1.165) is 24.3 Å². The normalized spacial score (nSPS) is 12.7. The number of nitrogens with one attached hydrogen (secondary N) is 3. The predicted molar refractivity (Wildman–Crippen MR) is 218 cm³/mol. The lowest BCUT2D eigenvalue weighted by atomic mass is 10.1. The molecule has 0 aliphatic carbocycles. The topological polar surface area (TPSA) is 325 Å². The van der Waals surface area contributed by atoms with E-state index in [1.165, 1.54) is 78.9 Å². The number of anilines is 5. The van der Waals surface area contributed by atoms with Gasteiger partial charge in [0.05, 0.1) is 31.7 Å². The van der Waals surface area contributed by atoms with E-state index >= 15 is 0 Å². The molecule has 23 heteroatoms. The van der Waals surface area contributed by atoms with Gasteiger partial charge in [-0.3, -0.25) is 18.2 Å². The second-order valence-corrected chi connectivity index (χ2v) is 18.4. The molecule has 0 aromatic heterocycles. The molecule has 0 amide bonds. The number of nitrogen functional groups attached to an aromatic ring is 1. The van der Waals surface area contributed by atoms with E-state index in [2.05, 4.69) is 26.4 Å². The molecule has 0 heterocycles. The third-order valence-corrected chi connectivity index (χ3v) is 12.3. The average Bonchev–Trinajstić information content (AvgIpc) is 3.16. The minimum Gasteiger partial charge on any atom is -0.505 e. The van der Waals surface area contributed by atoms with Gasteiger partial charge < -0.3 is 27.0 Å². The number of benzene rings is 7. The molecule has 304 valence electrons. The first-order valence-electron chi connectivity index (χ1n) is 16.5. The molecule has 0 saturated carbocycles. The molecule has 0 spiro atoms. The summed E-state index contributed by atoms with van der Waals surface area (Å²) in [6.45, 7) is 0. The van der Waals surface area contributed by atoms with Crippen LogP contribution in [0, 0.1) is 0 Å². The average molecular weight is 881 g/mol. The van der Waals surface area contributed by atoms with Gasteiger partial charge in [0, 0.05) is 44.0 Å². The Morgan fingerprint density at radius 3 is 1.71 bits per heavy atom. The summed E-state index contributed by atoms with van der Waals surface area (Å²) in [7, 11) is -18.8. The van der Waals surface area contributed by atoms with Crippen LogP contribution < -0.4 is 21.9 Å². The number of hydrogen-bond donors (Lipinski definition) is 9. The van der Waals surface area contributed by atoms with Crippen molar-refractivity contribution in [3.8, 4) is 5.75 Å². The summed E-state index contributed by atoms with van der Waals surface area (Å²) in [4.78, 5) is -2.09. The van der Waals surface area contributed by atoms with Crippen LogP contribution in [0.15, 0.2) is 139 Å². The van der Waals surface area contributed by atoms with Crippen molar-refractivity contribution in [2.75, 3.05) is 21.9 Å². The molecule has 0 radical (unpaired) electrons. The Hall–Kier alpha value is -6.44. The molecule has 19 nitrogen and oxygen atoms in total. The van der Waals surface area contributed by atoms with Gasteiger partial charge in [0.25, 0.3) is 40.5 Å². The first-order chi connectivity index (χ1) is 27.6. The lowest BCUT2D eigenvalue weighted by Gasteiger charge is -2.16. The molecule has 10 N–H and O–H groups in total. The fourth-order valence-corrected chi connectivity index (χ4v) is 8.34. The number of fused-ring (bicyclic) bond motifs is 3. The van der Waals surface area contributed by atoms with Crippen LogP contribution in [0.3, 0.4) is 0 Å². The molecule has 59 heavy (non-hydrogen) atoms. The highest BCUT2D eigenvalue weighted by molar-refractivity contribution is 7.86. The largest absolute Gasteiger partial charge is 0.505 e. The summed E-state index contributed by atoms with van der Waals surface area (Å²) in [5, 5.41) is 23.7. The molecule has 0 aliphatic heterocycles. The van der Waals surface area contributed by atoms with Gasteiger partial charge in [0.15, 0.2) is 5.75 Å². The van der Waals surface area contributed by atoms with Gasteiger partial charge in [0.1, 0.15) is 10.6 Å². The SMILES string of the molecule is Nc1ccc(NNc2ccc(N=Nc3c(S(=O)(=O)O)cc4ccc(Nc5cccc(S(=O)(=O)O)c5)cc4c3O)c3ccc(S(=O)(=O)O)cc23)c2ccc(S(=O)(=O)O)cc12. The third-order valence-electron chi connectivity index (χ3n) is 8.92. The zero-order valence-electron chi connectivity index (χ0n) is 29.5. The number of aromatic hydroxyl groups is 1. The summed E-state index contributed by atoms with van der Waals surface area (Å²) in [6.07, 6.45) is 0. The predicted octanol–water partition coefficient (Wildman–Crippen LogP) is 7.02. The van der Waals surface area contributed by atoms with Gasteiger partial charge >= 0.3 is 0 Å². The zero-order chi connectivity index (χ0) is 42.7. The van der Waals surface area contributed by atoms with Crippen molar-refractivity contribution in [2.45, 2.75) is 19.6 Å². The monoisotopic (exact) mass is 880 g/mol. The molecule has 7 aromatic carbocycles. The van der Waals surface area contributed by atoms with Crippen molar-refractivity contribution >= 4 is 113 Å². The lowest BCUT2D eigenvalue weighted by Crippen LogP contribution is -2.10. The Kier molecular flexibility index (Phi) is 10.2. The van der Waals surface area contributed by atoms with Crippen LogP contribution >= 0.6 is 0 Å². The molecule has 7 rings (SSSR count). The number of nitrogens with zero attached hydrogens (tertiary/aromatic N) is 2. The van der Waals surface area contributed by atoms with Crippen LogP contribution in [-0.4, -0.2) is 57.0 Å². The van der Waals surface area contributed by atoms with Crippen LogP contribution in [-0.2, 0) is 40.5 Å². The molecule has 0 aliphatic rings. The molecule has 0 bridgehead atoms. The maximum absolute atomic E-state index is 12.5. The molecule has 0 atom stereocenters. The fourth-order valence-electron chi connectivity index (χ4n) is 6.14. The van der Waals surface area contributed by atoms with E-state index in [1.54, 1.807) is 6.07 Å². The summed E-state index contributed by atoms with van der Waals surface area (Å²) in [5.41, 5.74) is 12.6. The highest BCUT2D eigenvalue weighted by Gasteiger charge is 2.23. The second kappa shape index (κ2) is 14.7. The highest BCUT2D eigenvalue weighted by Crippen LogP contribution is 2.43. The fraction of sp³-hybridized carbons (Fsp3) is 0. The Bertz CT molecular complexity index is 3400. The Labute approximate surface area is 334 Å². The highest BCUT2D eigenvalue weighted by atomic mass is 32.2. The molecule has 0 saturated heterocycles. The molecule has 0 fully saturated rings. The summed E-state index contributed by atoms with van der Waals surface area (Å²) >= 11 is 0. The van der Waals surface area contributed by atoms with Gasteiger partial charge in [0.2, 0.25) is 0 Å². The van der Waals surface area contributed by atoms with Gasteiger partial charge in [-0.1, -0.05) is 24.3 Å².